The van der Waals surface area contributed by atoms with Crippen LogP contribution in [0.25, 0.3) is 0 Å². The first-order chi connectivity index (χ1) is 9.94. The number of carbonyl (C=O) groups is 1. The fourth-order valence-electron chi connectivity index (χ4n) is 2.53. The Bertz CT molecular complexity index is 500. The van der Waals surface area contributed by atoms with Gasteiger partial charge in [0.15, 0.2) is 0 Å². The third-order valence-corrected chi connectivity index (χ3v) is 3.94. The number of hydrogen-bond donors (Lipinski definition) is 1. The number of carbonyl (C=O) groups excluding carboxylic acids is 1. The first-order valence-electron chi connectivity index (χ1n) is 7.02. The monoisotopic (exact) mass is 330 g/mol. The Labute approximate surface area is 135 Å². The van der Waals surface area contributed by atoms with Crippen LogP contribution in [0, 0.1) is 0 Å². The van der Waals surface area contributed by atoms with Gasteiger partial charge in [0.1, 0.15) is 0 Å². The summed E-state index contributed by atoms with van der Waals surface area (Å²) in [4.78, 5) is 14.1. The number of morpholine rings is 1. The van der Waals surface area contributed by atoms with Crippen molar-refractivity contribution in [2.45, 2.75) is 32.6 Å². The highest BCUT2D eigenvalue weighted by molar-refractivity contribution is 6.35. The number of amides is 1. The molecule has 6 heteroatoms. The Hall–Kier alpha value is -0.810. The van der Waals surface area contributed by atoms with Gasteiger partial charge in [0.05, 0.1) is 18.8 Å². The van der Waals surface area contributed by atoms with Crippen LogP contribution in [-0.2, 0) is 16.1 Å². The lowest BCUT2D eigenvalue weighted by Gasteiger charge is -2.34. The highest BCUT2D eigenvalue weighted by Gasteiger charge is 2.23. The van der Waals surface area contributed by atoms with Crippen molar-refractivity contribution in [3.63, 3.8) is 0 Å². The summed E-state index contributed by atoms with van der Waals surface area (Å²) in [6.07, 6.45) is 0.319. The average Bonchev–Trinajstić information content (AvgIpc) is 2.36. The second-order valence-electron chi connectivity index (χ2n) is 5.46. The van der Waals surface area contributed by atoms with Crippen molar-refractivity contribution in [1.82, 2.24) is 10.2 Å². The third kappa shape index (κ3) is 5.15. The summed E-state index contributed by atoms with van der Waals surface area (Å²) in [5, 5.41) is 4.04. The van der Waals surface area contributed by atoms with Crippen LogP contribution in [0.3, 0.4) is 0 Å². The van der Waals surface area contributed by atoms with Gasteiger partial charge in [-0.3, -0.25) is 9.69 Å². The number of nitrogens with zero attached hydrogens (tertiary/aromatic N) is 1. The Balaban J connectivity index is 1.82. The van der Waals surface area contributed by atoms with E-state index in [0.717, 1.165) is 18.7 Å². The van der Waals surface area contributed by atoms with Crippen LogP contribution < -0.4 is 5.32 Å². The van der Waals surface area contributed by atoms with Crippen LogP contribution in [0.2, 0.25) is 10.0 Å². The number of benzene rings is 1. The summed E-state index contributed by atoms with van der Waals surface area (Å²) in [5.74, 6) is -0.0117. The van der Waals surface area contributed by atoms with Crippen LogP contribution in [0.4, 0.5) is 0 Å². The largest absolute Gasteiger partial charge is 0.373 e. The molecule has 1 fully saturated rings. The fourth-order valence-corrected chi connectivity index (χ4v) is 3.01. The van der Waals surface area contributed by atoms with Crippen LogP contribution in [0.5, 0.6) is 0 Å². The molecule has 0 aliphatic carbocycles. The lowest BCUT2D eigenvalue weighted by molar-refractivity contribution is -0.126. The van der Waals surface area contributed by atoms with Gasteiger partial charge in [0.25, 0.3) is 0 Å². The molecule has 0 radical (unpaired) electrons. The third-order valence-electron chi connectivity index (χ3n) is 3.35. The van der Waals surface area contributed by atoms with Crippen LogP contribution in [0.1, 0.15) is 19.4 Å². The average molecular weight is 331 g/mol. The summed E-state index contributed by atoms with van der Waals surface area (Å²) in [6, 6.07) is 5.26. The van der Waals surface area contributed by atoms with Crippen LogP contribution >= 0.6 is 23.2 Å². The van der Waals surface area contributed by atoms with E-state index in [2.05, 4.69) is 10.2 Å². The van der Waals surface area contributed by atoms with Crippen molar-refractivity contribution in [3.8, 4) is 0 Å². The van der Waals surface area contributed by atoms with Crippen molar-refractivity contribution in [2.24, 2.45) is 0 Å². The Morgan fingerprint density at radius 3 is 2.62 bits per heavy atom. The maximum Gasteiger partial charge on any atom is 0.234 e. The minimum Gasteiger partial charge on any atom is -0.373 e. The molecule has 1 aliphatic rings. The number of halogens is 2. The molecule has 1 aromatic carbocycles. The van der Waals surface area contributed by atoms with Gasteiger partial charge in [-0.25, -0.2) is 0 Å². The molecule has 0 aromatic heterocycles. The van der Waals surface area contributed by atoms with E-state index in [1.807, 2.05) is 19.9 Å². The molecule has 116 valence electrons. The molecule has 1 amide bonds. The fraction of sp³-hybridized carbons (Fsp3) is 0.533. The number of rotatable bonds is 4. The van der Waals surface area contributed by atoms with Gasteiger partial charge in [-0.05, 0) is 31.5 Å². The van der Waals surface area contributed by atoms with E-state index >= 15 is 0 Å². The molecule has 0 saturated carbocycles. The summed E-state index contributed by atoms with van der Waals surface area (Å²) in [5.41, 5.74) is 0.859. The molecule has 21 heavy (non-hydrogen) atoms. The molecule has 1 heterocycles. The first-order valence-corrected chi connectivity index (χ1v) is 7.78. The molecule has 1 N–H and O–H groups in total. The number of nitrogens with one attached hydrogen (secondary N) is 1. The zero-order chi connectivity index (χ0) is 15.4. The molecule has 0 spiro atoms. The lowest BCUT2D eigenvalue weighted by atomic mass is 10.2. The van der Waals surface area contributed by atoms with Gasteiger partial charge in [-0.15, -0.1) is 0 Å². The molecule has 2 rings (SSSR count). The van der Waals surface area contributed by atoms with Crippen molar-refractivity contribution >= 4 is 29.1 Å². The van der Waals surface area contributed by atoms with Gasteiger partial charge >= 0.3 is 0 Å². The predicted octanol–water partition coefficient (Wildman–Crippen LogP) is 2.72. The molecular formula is C15H20Cl2N2O2. The van der Waals surface area contributed by atoms with Gasteiger partial charge in [-0.1, -0.05) is 29.3 Å². The smallest absolute Gasteiger partial charge is 0.234 e. The second kappa shape index (κ2) is 7.45. The lowest BCUT2D eigenvalue weighted by Crippen LogP contribution is -2.49. The zero-order valence-corrected chi connectivity index (χ0v) is 13.7. The molecule has 4 nitrogen and oxygen atoms in total. The minimum absolute atomic E-state index is 0.0117. The van der Waals surface area contributed by atoms with Crippen LogP contribution in [0.15, 0.2) is 18.2 Å². The summed E-state index contributed by atoms with van der Waals surface area (Å²) in [7, 11) is 0. The van der Waals surface area contributed by atoms with E-state index in [4.69, 9.17) is 27.9 Å². The Morgan fingerprint density at radius 2 is 2.00 bits per heavy atom. The highest BCUT2D eigenvalue weighted by Crippen LogP contribution is 2.20. The summed E-state index contributed by atoms with van der Waals surface area (Å²) < 4.78 is 5.65. The summed E-state index contributed by atoms with van der Waals surface area (Å²) >= 11 is 11.9. The minimum atomic E-state index is -0.0117. The number of hydrogen-bond acceptors (Lipinski definition) is 3. The van der Waals surface area contributed by atoms with E-state index in [0.29, 0.717) is 23.1 Å². The van der Waals surface area contributed by atoms with Crippen molar-refractivity contribution in [3.05, 3.63) is 33.8 Å². The summed E-state index contributed by atoms with van der Waals surface area (Å²) in [6.45, 7) is 6.38. The molecule has 2 atom stereocenters. The van der Waals surface area contributed by atoms with E-state index in [-0.39, 0.29) is 18.1 Å². The molecule has 1 aromatic rings. The van der Waals surface area contributed by atoms with E-state index in [9.17, 15) is 4.79 Å². The van der Waals surface area contributed by atoms with E-state index in [1.165, 1.54) is 0 Å². The van der Waals surface area contributed by atoms with Gasteiger partial charge < -0.3 is 10.1 Å². The van der Waals surface area contributed by atoms with Crippen molar-refractivity contribution < 1.29 is 9.53 Å². The standard InChI is InChI=1S/C15H20Cl2N2O2/c1-10-7-19(8-11(2)21-10)9-15(20)18-6-12-3-4-13(16)5-14(12)17/h3-5,10-11H,6-9H2,1-2H3,(H,18,20). The van der Waals surface area contributed by atoms with Gasteiger partial charge in [0, 0.05) is 29.7 Å². The van der Waals surface area contributed by atoms with E-state index in [1.54, 1.807) is 12.1 Å². The topological polar surface area (TPSA) is 41.6 Å². The Kier molecular flexibility index (Phi) is 5.88. The highest BCUT2D eigenvalue weighted by atomic mass is 35.5. The molecule has 1 saturated heterocycles. The zero-order valence-electron chi connectivity index (χ0n) is 12.2. The maximum atomic E-state index is 12.0. The molecule has 2 unspecified atom stereocenters. The van der Waals surface area contributed by atoms with E-state index < -0.39 is 0 Å². The molecule has 0 bridgehead atoms. The van der Waals surface area contributed by atoms with Crippen molar-refractivity contribution in [2.75, 3.05) is 19.6 Å². The normalized spacial score (nSPS) is 23.0. The van der Waals surface area contributed by atoms with Crippen molar-refractivity contribution in [1.29, 1.82) is 0 Å². The predicted molar refractivity (Wildman–Crippen MR) is 84.8 cm³/mol. The Morgan fingerprint density at radius 1 is 1.33 bits per heavy atom. The maximum absolute atomic E-state index is 12.0. The quantitative estimate of drug-likeness (QED) is 0.922. The molecular weight excluding hydrogens is 311 g/mol. The van der Waals surface area contributed by atoms with Crippen LogP contribution in [-0.4, -0.2) is 42.6 Å². The van der Waals surface area contributed by atoms with Gasteiger partial charge in [0.2, 0.25) is 5.91 Å². The second-order valence-corrected chi connectivity index (χ2v) is 6.31. The first kappa shape index (κ1) is 16.6. The SMILES string of the molecule is CC1CN(CC(=O)NCc2ccc(Cl)cc2Cl)CC(C)O1. The van der Waals surface area contributed by atoms with Gasteiger partial charge in [-0.2, -0.15) is 0 Å². The molecule has 1 aliphatic heterocycles. The number of ether oxygens (including phenoxy) is 1.